The van der Waals surface area contributed by atoms with Gasteiger partial charge >= 0.3 is 0 Å². The molecular weight excluding hydrogens is 311 g/mol. The lowest BCUT2D eigenvalue weighted by atomic mass is 9.98. The number of nitro groups is 1. The standard InChI is InChI=1S/C15H14F2NO3P/c1-9-13(7-12(18(19)20)8-14(9)21-2)10-3-5-11(6-4-10)15(16,17)22/h3-8H,22H2,1-2H3. The second-order valence-electron chi connectivity index (χ2n) is 4.78. The monoisotopic (exact) mass is 325 g/mol. The van der Waals surface area contributed by atoms with Crippen molar-refractivity contribution in [3.05, 3.63) is 57.6 Å². The van der Waals surface area contributed by atoms with Gasteiger partial charge in [0.05, 0.1) is 18.1 Å². The molecule has 0 N–H and O–H groups in total. The Labute approximate surface area is 128 Å². The van der Waals surface area contributed by atoms with Crippen molar-refractivity contribution in [2.45, 2.75) is 12.6 Å². The minimum absolute atomic E-state index is 0.113. The predicted octanol–water partition coefficient (Wildman–Crippen LogP) is 4.50. The first-order valence-electron chi connectivity index (χ1n) is 6.34. The Kier molecular flexibility index (Phi) is 4.42. The first kappa shape index (κ1) is 16.3. The molecule has 22 heavy (non-hydrogen) atoms. The molecule has 0 radical (unpaired) electrons. The molecule has 0 spiro atoms. The van der Waals surface area contributed by atoms with Gasteiger partial charge in [0.15, 0.2) is 0 Å². The molecule has 0 saturated heterocycles. The van der Waals surface area contributed by atoms with Gasteiger partial charge < -0.3 is 4.74 Å². The number of alkyl halides is 2. The van der Waals surface area contributed by atoms with Gasteiger partial charge in [-0.15, -0.1) is 0 Å². The number of benzene rings is 2. The van der Waals surface area contributed by atoms with E-state index < -0.39 is 10.6 Å². The number of nitro benzene ring substituents is 1. The molecule has 2 aromatic carbocycles. The fourth-order valence-corrected chi connectivity index (χ4v) is 2.35. The van der Waals surface area contributed by atoms with Crippen LogP contribution < -0.4 is 4.74 Å². The molecule has 0 aromatic heterocycles. The van der Waals surface area contributed by atoms with Crippen molar-refractivity contribution in [1.82, 2.24) is 0 Å². The third-order valence-electron chi connectivity index (χ3n) is 3.36. The molecule has 0 aliphatic rings. The van der Waals surface area contributed by atoms with Crippen molar-refractivity contribution in [2.75, 3.05) is 7.11 Å². The summed E-state index contributed by atoms with van der Waals surface area (Å²) in [6.07, 6.45) is 0. The van der Waals surface area contributed by atoms with Gasteiger partial charge in [-0.2, -0.15) is 8.78 Å². The fourth-order valence-electron chi connectivity index (χ4n) is 2.16. The van der Waals surface area contributed by atoms with E-state index in [1.165, 1.54) is 52.7 Å². The van der Waals surface area contributed by atoms with Gasteiger partial charge in [-0.3, -0.25) is 10.1 Å². The van der Waals surface area contributed by atoms with Crippen molar-refractivity contribution in [3.8, 4) is 16.9 Å². The smallest absolute Gasteiger partial charge is 0.283 e. The molecule has 0 saturated carbocycles. The summed E-state index contributed by atoms with van der Waals surface area (Å²) in [5.74, 6) is 0.379. The van der Waals surface area contributed by atoms with E-state index >= 15 is 0 Å². The lowest BCUT2D eigenvalue weighted by Crippen LogP contribution is -2.01. The fraction of sp³-hybridized carbons (Fsp3) is 0.200. The zero-order valence-corrected chi connectivity index (χ0v) is 13.1. The highest BCUT2D eigenvalue weighted by Gasteiger charge is 2.24. The average molecular weight is 325 g/mol. The van der Waals surface area contributed by atoms with Crippen molar-refractivity contribution < 1.29 is 18.4 Å². The molecule has 0 aliphatic carbocycles. The Balaban J connectivity index is 2.56. The van der Waals surface area contributed by atoms with Gasteiger partial charge in [-0.05, 0) is 23.6 Å². The van der Waals surface area contributed by atoms with Crippen LogP contribution in [0, 0.1) is 17.0 Å². The van der Waals surface area contributed by atoms with Gasteiger partial charge in [-0.25, -0.2) is 0 Å². The van der Waals surface area contributed by atoms with Crippen LogP contribution in [0.2, 0.25) is 0 Å². The third kappa shape index (κ3) is 3.22. The Morgan fingerprint density at radius 3 is 2.27 bits per heavy atom. The van der Waals surface area contributed by atoms with E-state index in [-0.39, 0.29) is 11.3 Å². The van der Waals surface area contributed by atoms with Crippen molar-refractivity contribution in [2.24, 2.45) is 0 Å². The summed E-state index contributed by atoms with van der Waals surface area (Å²) in [5.41, 5.74) is -1.37. The average Bonchev–Trinajstić information content (AvgIpc) is 2.46. The van der Waals surface area contributed by atoms with Crippen LogP contribution >= 0.6 is 9.24 Å². The minimum Gasteiger partial charge on any atom is -0.496 e. The normalized spacial score (nSPS) is 11.3. The predicted molar refractivity (Wildman–Crippen MR) is 83.4 cm³/mol. The summed E-state index contributed by atoms with van der Waals surface area (Å²) in [7, 11) is 2.90. The molecule has 0 amide bonds. The van der Waals surface area contributed by atoms with Crippen molar-refractivity contribution in [3.63, 3.8) is 0 Å². The molecule has 1 atom stereocenters. The maximum atomic E-state index is 13.2. The van der Waals surface area contributed by atoms with Crippen molar-refractivity contribution >= 4 is 14.9 Å². The molecule has 1 unspecified atom stereocenters. The highest BCUT2D eigenvalue weighted by molar-refractivity contribution is 7.17. The molecule has 2 aromatic rings. The maximum Gasteiger partial charge on any atom is 0.283 e. The number of hydrogen-bond acceptors (Lipinski definition) is 3. The van der Waals surface area contributed by atoms with Crippen LogP contribution in [0.25, 0.3) is 11.1 Å². The molecule has 116 valence electrons. The first-order chi connectivity index (χ1) is 10.2. The molecule has 7 heteroatoms. The lowest BCUT2D eigenvalue weighted by Gasteiger charge is -2.13. The van der Waals surface area contributed by atoms with Crippen LogP contribution in [0.3, 0.4) is 0 Å². The summed E-state index contributed by atoms with van der Waals surface area (Å²) in [4.78, 5) is 10.5. The van der Waals surface area contributed by atoms with Gasteiger partial charge in [-0.1, -0.05) is 33.5 Å². The van der Waals surface area contributed by atoms with E-state index in [0.29, 0.717) is 22.4 Å². The second-order valence-corrected chi connectivity index (χ2v) is 5.50. The first-order valence-corrected chi connectivity index (χ1v) is 6.92. The van der Waals surface area contributed by atoms with E-state index in [0.717, 1.165) is 0 Å². The van der Waals surface area contributed by atoms with Gasteiger partial charge in [0.25, 0.3) is 11.4 Å². The number of halogens is 2. The Morgan fingerprint density at radius 2 is 1.82 bits per heavy atom. The number of rotatable bonds is 4. The van der Waals surface area contributed by atoms with Crippen LogP contribution in [0.4, 0.5) is 14.5 Å². The molecule has 4 nitrogen and oxygen atoms in total. The van der Waals surface area contributed by atoms with E-state index in [1.54, 1.807) is 6.92 Å². The number of nitrogens with zero attached hydrogens (tertiary/aromatic N) is 1. The summed E-state index contributed by atoms with van der Waals surface area (Å²) in [6, 6.07) is 8.37. The van der Waals surface area contributed by atoms with Crippen LogP contribution in [0.5, 0.6) is 5.75 Å². The van der Waals surface area contributed by atoms with Crippen LogP contribution in [-0.4, -0.2) is 12.0 Å². The SMILES string of the molecule is COc1cc([N+](=O)[O-])cc(-c2ccc(C(F)(F)P)cc2)c1C. The second kappa shape index (κ2) is 5.97. The van der Waals surface area contributed by atoms with Crippen molar-refractivity contribution in [1.29, 1.82) is 0 Å². The Hall–Kier alpha value is -2.07. The Morgan fingerprint density at radius 1 is 1.23 bits per heavy atom. The molecule has 0 bridgehead atoms. The van der Waals surface area contributed by atoms with Crippen LogP contribution in [0.15, 0.2) is 36.4 Å². The van der Waals surface area contributed by atoms with Crippen LogP contribution in [-0.2, 0) is 5.66 Å². The maximum absolute atomic E-state index is 13.2. The summed E-state index contributed by atoms with van der Waals surface area (Å²) >= 11 is 0. The lowest BCUT2D eigenvalue weighted by molar-refractivity contribution is -0.384. The van der Waals surface area contributed by atoms with Crippen LogP contribution in [0.1, 0.15) is 11.1 Å². The molecular formula is C15H14F2NO3P. The number of ether oxygens (including phenoxy) is 1. The largest absolute Gasteiger partial charge is 0.496 e. The molecule has 0 fully saturated rings. The Bertz CT molecular complexity index is 712. The van der Waals surface area contributed by atoms with E-state index in [1.807, 2.05) is 0 Å². The number of non-ortho nitro benzene ring substituents is 1. The van der Waals surface area contributed by atoms with Gasteiger partial charge in [0.1, 0.15) is 5.75 Å². The highest BCUT2D eigenvalue weighted by Crippen LogP contribution is 2.38. The topological polar surface area (TPSA) is 52.4 Å². The number of hydrogen-bond donors (Lipinski definition) is 0. The number of methoxy groups -OCH3 is 1. The molecule has 0 aliphatic heterocycles. The summed E-state index contributed by atoms with van der Waals surface area (Å²) in [5, 5.41) is 11.0. The zero-order chi connectivity index (χ0) is 16.5. The van der Waals surface area contributed by atoms with E-state index in [9.17, 15) is 18.9 Å². The minimum atomic E-state index is -3.01. The highest BCUT2D eigenvalue weighted by atomic mass is 31.0. The molecule has 2 rings (SSSR count). The summed E-state index contributed by atoms with van der Waals surface area (Å²) < 4.78 is 31.6. The molecule has 0 heterocycles. The van der Waals surface area contributed by atoms with E-state index in [2.05, 4.69) is 0 Å². The third-order valence-corrected chi connectivity index (χ3v) is 3.69. The van der Waals surface area contributed by atoms with E-state index in [4.69, 9.17) is 4.74 Å². The van der Waals surface area contributed by atoms with Gasteiger partial charge in [0.2, 0.25) is 0 Å². The zero-order valence-electron chi connectivity index (χ0n) is 12.0. The summed E-state index contributed by atoms with van der Waals surface area (Å²) in [6.45, 7) is 1.76. The quantitative estimate of drug-likeness (QED) is 0.472. The van der Waals surface area contributed by atoms with Gasteiger partial charge in [0, 0.05) is 11.6 Å².